The fourth-order valence-electron chi connectivity index (χ4n) is 2.09. The molecule has 0 radical (unpaired) electrons. The van der Waals surface area contributed by atoms with Gasteiger partial charge in [-0.3, -0.25) is 0 Å². The Labute approximate surface area is 123 Å². The predicted molar refractivity (Wildman–Crippen MR) is 86.2 cm³/mol. The van der Waals surface area contributed by atoms with Crippen LogP contribution in [0.5, 0.6) is 0 Å². The van der Waals surface area contributed by atoms with Gasteiger partial charge in [0.15, 0.2) is 0 Å². The van der Waals surface area contributed by atoms with Crippen molar-refractivity contribution in [2.45, 2.75) is 40.7 Å². The van der Waals surface area contributed by atoms with Crippen LogP contribution in [0.25, 0.3) is 0 Å². The van der Waals surface area contributed by atoms with Crippen LogP contribution >= 0.6 is 11.6 Å². The van der Waals surface area contributed by atoms with Crippen molar-refractivity contribution in [3.8, 4) is 0 Å². The summed E-state index contributed by atoms with van der Waals surface area (Å²) in [6.45, 7) is 12.8. The van der Waals surface area contributed by atoms with Crippen molar-refractivity contribution in [1.82, 2.24) is 5.32 Å². The molecule has 108 valence electrons. The summed E-state index contributed by atoms with van der Waals surface area (Å²) < 4.78 is 0. The molecule has 1 unspecified atom stereocenters. The summed E-state index contributed by atoms with van der Waals surface area (Å²) in [5.74, 6) is 0.692. The van der Waals surface area contributed by atoms with E-state index in [1.165, 1.54) is 12.0 Å². The molecule has 0 saturated carbocycles. The van der Waals surface area contributed by atoms with E-state index in [9.17, 15) is 0 Å². The van der Waals surface area contributed by atoms with E-state index >= 15 is 0 Å². The SMILES string of the molecule is CCNCc1ccc(N(CC)CC(C)CC)c(Cl)c1. The molecule has 0 heterocycles. The van der Waals surface area contributed by atoms with Crippen molar-refractivity contribution in [3.05, 3.63) is 28.8 Å². The maximum atomic E-state index is 6.44. The second-order valence-corrected chi connectivity index (χ2v) is 5.53. The first-order valence-corrected chi connectivity index (χ1v) is 7.74. The van der Waals surface area contributed by atoms with E-state index < -0.39 is 0 Å². The molecule has 0 amide bonds. The predicted octanol–water partition coefficient (Wildman–Crippen LogP) is 4.32. The van der Waals surface area contributed by atoms with Crippen LogP contribution < -0.4 is 10.2 Å². The zero-order valence-electron chi connectivity index (χ0n) is 12.7. The largest absolute Gasteiger partial charge is 0.370 e. The highest BCUT2D eigenvalue weighted by atomic mass is 35.5. The molecular formula is C16H27ClN2. The van der Waals surface area contributed by atoms with Gasteiger partial charge in [0, 0.05) is 19.6 Å². The van der Waals surface area contributed by atoms with E-state index in [1.807, 2.05) is 0 Å². The van der Waals surface area contributed by atoms with E-state index in [0.29, 0.717) is 5.92 Å². The van der Waals surface area contributed by atoms with Crippen LogP contribution in [-0.4, -0.2) is 19.6 Å². The van der Waals surface area contributed by atoms with Gasteiger partial charge in [0.25, 0.3) is 0 Å². The highest BCUT2D eigenvalue weighted by molar-refractivity contribution is 6.33. The van der Waals surface area contributed by atoms with Gasteiger partial charge >= 0.3 is 0 Å². The van der Waals surface area contributed by atoms with Gasteiger partial charge in [-0.05, 0) is 37.1 Å². The smallest absolute Gasteiger partial charge is 0.0642 e. The van der Waals surface area contributed by atoms with Crippen molar-refractivity contribution in [1.29, 1.82) is 0 Å². The molecule has 1 atom stereocenters. The molecule has 0 saturated heterocycles. The van der Waals surface area contributed by atoms with Gasteiger partial charge in [-0.15, -0.1) is 0 Å². The topological polar surface area (TPSA) is 15.3 Å². The first kappa shape index (κ1) is 16.3. The first-order valence-electron chi connectivity index (χ1n) is 7.36. The zero-order chi connectivity index (χ0) is 14.3. The summed E-state index contributed by atoms with van der Waals surface area (Å²) >= 11 is 6.44. The Morgan fingerprint density at radius 2 is 2.00 bits per heavy atom. The summed E-state index contributed by atoms with van der Waals surface area (Å²) in [6, 6.07) is 6.41. The van der Waals surface area contributed by atoms with Gasteiger partial charge in [0.2, 0.25) is 0 Å². The van der Waals surface area contributed by atoms with E-state index in [4.69, 9.17) is 11.6 Å². The second-order valence-electron chi connectivity index (χ2n) is 5.12. The number of nitrogens with zero attached hydrogens (tertiary/aromatic N) is 1. The van der Waals surface area contributed by atoms with E-state index in [1.54, 1.807) is 0 Å². The van der Waals surface area contributed by atoms with Crippen LogP contribution in [0, 0.1) is 5.92 Å². The Balaban J connectivity index is 2.80. The molecule has 19 heavy (non-hydrogen) atoms. The van der Waals surface area contributed by atoms with Crippen LogP contribution in [0.4, 0.5) is 5.69 Å². The molecule has 1 rings (SSSR count). The van der Waals surface area contributed by atoms with Crippen molar-refractivity contribution in [2.24, 2.45) is 5.92 Å². The van der Waals surface area contributed by atoms with E-state index in [-0.39, 0.29) is 0 Å². The lowest BCUT2D eigenvalue weighted by Crippen LogP contribution is -2.28. The number of anilines is 1. The molecule has 0 aliphatic rings. The Hall–Kier alpha value is -0.730. The minimum absolute atomic E-state index is 0.692. The lowest BCUT2D eigenvalue weighted by atomic mass is 10.1. The molecule has 0 aromatic heterocycles. The lowest BCUT2D eigenvalue weighted by molar-refractivity contribution is 0.548. The summed E-state index contributed by atoms with van der Waals surface area (Å²) in [6.07, 6.45) is 1.20. The first-order chi connectivity index (χ1) is 9.12. The van der Waals surface area contributed by atoms with Crippen molar-refractivity contribution in [2.75, 3.05) is 24.5 Å². The Kier molecular flexibility index (Phi) is 7.25. The van der Waals surface area contributed by atoms with Crippen LogP contribution in [-0.2, 0) is 6.54 Å². The summed E-state index contributed by atoms with van der Waals surface area (Å²) in [4.78, 5) is 2.37. The standard InChI is InChI=1S/C16H27ClN2/c1-5-13(4)12-19(7-3)16-9-8-14(10-15(16)17)11-18-6-2/h8-10,13,18H,5-7,11-12H2,1-4H3. The van der Waals surface area contributed by atoms with Crippen LogP contribution in [0.1, 0.15) is 39.7 Å². The third-order valence-corrected chi connectivity index (χ3v) is 3.85. The quantitative estimate of drug-likeness (QED) is 0.764. The van der Waals surface area contributed by atoms with Crippen LogP contribution in [0.2, 0.25) is 5.02 Å². The van der Waals surface area contributed by atoms with Crippen molar-refractivity contribution in [3.63, 3.8) is 0 Å². The van der Waals surface area contributed by atoms with E-state index in [2.05, 4.69) is 56.1 Å². The highest BCUT2D eigenvalue weighted by Crippen LogP contribution is 2.27. The second kappa shape index (κ2) is 8.44. The molecule has 0 spiro atoms. The number of nitrogens with one attached hydrogen (secondary N) is 1. The molecule has 1 aromatic carbocycles. The van der Waals surface area contributed by atoms with Gasteiger partial charge in [-0.1, -0.05) is 44.9 Å². The molecule has 2 nitrogen and oxygen atoms in total. The van der Waals surface area contributed by atoms with E-state index in [0.717, 1.165) is 36.9 Å². The number of hydrogen-bond acceptors (Lipinski definition) is 2. The van der Waals surface area contributed by atoms with Crippen molar-refractivity contribution >= 4 is 17.3 Å². The third-order valence-electron chi connectivity index (χ3n) is 3.54. The number of halogens is 1. The van der Waals surface area contributed by atoms with Gasteiger partial charge in [-0.2, -0.15) is 0 Å². The van der Waals surface area contributed by atoms with Gasteiger partial charge < -0.3 is 10.2 Å². The molecule has 0 aliphatic heterocycles. The monoisotopic (exact) mass is 282 g/mol. The minimum Gasteiger partial charge on any atom is -0.370 e. The molecule has 0 fully saturated rings. The third kappa shape index (κ3) is 5.04. The summed E-state index contributed by atoms with van der Waals surface area (Å²) in [7, 11) is 0. The number of rotatable bonds is 8. The Morgan fingerprint density at radius 1 is 1.26 bits per heavy atom. The van der Waals surface area contributed by atoms with Crippen LogP contribution in [0.3, 0.4) is 0 Å². The Bertz CT molecular complexity index is 379. The Morgan fingerprint density at radius 3 is 2.53 bits per heavy atom. The molecule has 0 aliphatic carbocycles. The molecule has 1 aromatic rings. The summed E-state index contributed by atoms with van der Waals surface area (Å²) in [5, 5.41) is 4.19. The average Bonchev–Trinajstić information content (AvgIpc) is 2.42. The van der Waals surface area contributed by atoms with Crippen LogP contribution in [0.15, 0.2) is 18.2 Å². The lowest BCUT2D eigenvalue weighted by Gasteiger charge is -2.27. The molecule has 0 bridgehead atoms. The summed E-state index contributed by atoms with van der Waals surface area (Å²) in [5.41, 5.74) is 2.40. The van der Waals surface area contributed by atoms with Crippen molar-refractivity contribution < 1.29 is 0 Å². The van der Waals surface area contributed by atoms with Gasteiger partial charge in [0.1, 0.15) is 0 Å². The van der Waals surface area contributed by atoms with Gasteiger partial charge in [0.05, 0.1) is 10.7 Å². The molecule has 1 N–H and O–H groups in total. The number of benzene rings is 1. The fourth-order valence-corrected chi connectivity index (χ4v) is 2.41. The van der Waals surface area contributed by atoms with Gasteiger partial charge in [-0.25, -0.2) is 0 Å². The normalized spacial score (nSPS) is 12.5. The fraction of sp³-hybridized carbons (Fsp3) is 0.625. The maximum absolute atomic E-state index is 6.44. The molecule has 3 heteroatoms. The average molecular weight is 283 g/mol. The minimum atomic E-state index is 0.692. The highest BCUT2D eigenvalue weighted by Gasteiger charge is 2.12. The molecular weight excluding hydrogens is 256 g/mol. The maximum Gasteiger partial charge on any atom is 0.0642 e. The zero-order valence-corrected chi connectivity index (χ0v) is 13.4. The number of hydrogen-bond donors (Lipinski definition) is 1.